The molecule has 3 rings (SSSR count). The van der Waals surface area contributed by atoms with E-state index < -0.39 is 29.0 Å². The molecule has 0 bridgehead atoms. The predicted molar refractivity (Wildman–Crippen MR) is 112 cm³/mol. The zero-order chi connectivity index (χ0) is 23.5. The van der Waals surface area contributed by atoms with Crippen LogP contribution in [0.5, 0.6) is 5.75 Å². The number of carbonyl (C=O) groups is 1. The molecule has 1 atom stereocenters. The molecule has 0 aliphatic carbocycles. The van der Waals surface area contributed by atoms with E-state index in [0.29, 0.717) is 6.42 Å². The molecule has 0 aliphatic heterocycles. The number of amides is 1. The Morgan fingerprint density at radius 1 is 1.12 bits per heavy atom. The molecule has 0 aliphatic rings. The zero-order valence-corrected chi connectivity index (χ0v) is 17.6. The number of hydrogen-bond donors (Lipinski definition) is 3. The smallest absolute Gasteiger partial charge is 0.417 e. The zero-order valence-electron chi connectivity index (χ0n) is 17.6. The second kappa shape index (κ2) is 9.16. The van der Waals surface area contributed by atoms with E-state index in [1.54, 1.807) is 0 Å². The molecule has 0 fully saturated rings. The molecule has 1 amide bonds. The fourth-order valence-corrected chi connectivity index (χ4v) is 3.13. The van der Waals surface area contributed by atoms with Crippen LogP contribution in [-0.2, 0) is 6.18 Å². The number of anilines is 3. The number of halogens is 3. The van der Waals surface area contributed by atoms with Crippen LogP contribution in [-0.4, -0.2) is 40.3 Å². The molecule has 1 heterocycles. The summed E-state index contributed by atoms with van der Waals surface area (Å²) >= 11 is 0. The van der Waals surface area contributed by atoms with Crippen LogP contribution < -0.4 is 10.6 Å². The molecule has 11 heteroatoms. The van der Waals surface area contributed by atoms with Gasteiger partial charge in [-0.25, -0.2) is 4.63 Å². The standard InChI is InChI=1S/C21H22F3N5O3/c1-4-14(12-8-6-5-7-9-12)25-18-19(28-32-27-18)26-15-11-10-13(21(22,23)24)16(17(15)30)20(31)29(2)3/h5-11,14,30H,4H2,1-3H3,(H,25,27)(H,26,28)/t14-/m1/s1. The van der Waals surface area contributed by atoms with Gasteiger partial charge in [-0.05, 0) is 34.4 Å². The lowest BCUT2D eigenvalue weighted by Crippen LogP contribution is -2.25. The van der Waals surface area contributed by atoms with Gasteiger partial charge in [0.1, 0.15) is 0 Å². The first-order chi connectivity index (χ1) is 15.1. The Bertz CT molecular complexity index is 1080. The van der Waals surface area contributed by atoms with Gasteiger partial charge in [-0.15, -0.1) is 0 Å². The van der Waals surface area contributed by atoms with Crippen LogP contribution in [0.1, 0.15) is 40.9 Å². The fourth-order valence-electron chi connectivity index (χ4n) is 3.13. The Morgan fingerprint density at radius 3 is 2.38 bits per heavy atom. The predicted octanol–water partition coefficient (Wildman–Crippen LogP) is 4.80. The number of aromatic nitrogens is 2. The van der Waals surface area contributed by atoms with E-state index in [0.717, 1.165) is 22.6 Å². The van der Waals surface area contributed by atoms with Gasteiger partial charge in [-0.3, -0.25) is 4.79 Å². The number of phenolic OH excluding ortho intramolecular Hbond substituents is 1. The average molecular weight is 449 g/mol. The molecule has 0 radical (unpaired) electrons. The number of nitrogens with one attached hydrogen (secondary N) is 2. The molecule has 3 N–H and O–H groups in total. The molecule has 32 heavy (non-hydrogen) atoms. The molecule has 0 saturated heterocycles. The van der Waals surface area contributed by atoms with E-state index in [2.05, 4.69) is 20.9 Å². The minimum atomic E-state index is -4.83. The summed E-state index contributed by atoms with van der Waals surface area (Å²) in [6.07, 6.45) is -4.13. The van der Waals surface area contributed by atoms with Crippen molar-refractivity contribution in [3.8, 4) is 5.75 Å². The molecule has 170 valence electrons. The van der Waals surface area contributed by atoms with Gasteiger partial charge in [-0.1, -0.05) is 37.3 Å². The number of aromatic hydroxyl groups is 1. The van der Waals surface area contributed by atoms with E-state index >= 15 is 0 Å². The van der Waals surface area contributed by atoms with Gasteiger partial charge in [0.25, 0.3) is 5.91 Å². The summed E-state index contributed by atoms with van der Waals surface area (Å²) in [6.45, 7) is 1.96. The van der Waals surface area contributed by atoms with E-state index in [4.69, 9.17) is 4.63 Å². The van der Waals surface area contributed by atoms with Crippen molar-refractivity contribution in [3.63, 3.8) is 0 Å². The van der Waals surface area contributed by atoms with Crippen molar-refractivity contribution in [3.05, 3.63) is 59.2 Å². The van der Waals surface area contributed by atoms with Gasteiger partial charge >= 0.3 is 6.18 Å². The monoisotopic (exact) mass is 449 g/mol. The molecular formula is C21H22F3N5O3. The second-order valence-electron chi connectivity index (χ2n) is 7.18. The van der Waals surface area contributed by atoms with Crippen LogP contribution in [0.25, 0.3) is 0 Å². The van der Waals surface area contributed by atoms with E-state index in [1.807, 2.05) is 37.3 Å². The fraction of sp³-hybridized carbons (Fsp3) is 0.286. The number of phenols is 1. The van der Waals surface area contributed by atoms with Crippen molar-refractivity contribution >= 4 is 23.2 Å². The van der Waals surface area contributed by atoms with Gasteiger partial charge in [0.05, 0.1) is 22.9 Å². The summed E-state index contributed by atoms with van der Waals surface area (Å²) in [5.41, 5.74) is -1.28. The van der Waals surface area contributed by atoms with Crippen LogP contribution in [0.2, 0.25) is 0 Å². The molecule has 1 aromatic heterocycles. The van der Waals surface area contributed by atoms with Gasteiger partial charge in [0, 0.05) is 14.1 Å². The highest BCUT2D eigenvalue weighted by Gasteiger charge is 2.38. The Hall–Kier alpha value is -3.76. The molecule has 2 aromatic carbocycles. The lowest BCUT2D eigenvalue weighted by molar-refractivity contribution is -0.138. The maximum absolute atomic E-state index is 13.4. The van der Waals surface area contributed by atoms with Gasteiger partial charge in [0.2, 0.25) is 11.6 Å². The number of hydrogen-bond acceptors (Lipinski definition) is 7. The third kappa shape index (κ3) is 4.76. The van der Waals surface area contributed by atoms with Gasteiger partial charge in [-0.2, -0.15) is 13.2 Å². The summed E-state index contributed by atoms with van der Waals surface area (Å²) in [7, 11) is 2.58. The lowest BCUT2D eigenvalue weighted by Gasteiger charge is -2.20. The van der Waals surface area contributed by atoms with Crippen molar-refractivity contribution in [1.29, 1.82) is 0 Å². The average Bonchev–Trinajstić information content (AvgIpc) is 3.19. The topological polar surface area (TPSA) is 104 Å². The van der Waals surface area contributed by atoms with E-state index in [-0.39, 0.29) is 23.4 Å². The highest BCUT2D eigenvalue weighted by Crippen LogP contribution is 2.41. The first-order valence-corrected chi connectivity index (χ1v) is 9.69. The number of nitrogens with zero attached hydrogens (tertiary/aromatic N) is 3. The Kier molecular flexibility index (Phi) is 6.56. The molecule has 3 aromatic rings. The highest BCUT2D eigenvalue weighted by molar-refractivity contribution is 6.00. The number of carbonyl (C=O) groups excluding carboxylic acids is 1. The van der Waals surface area contributed by atoms with Crippen LogP contribution >= 0.6 is 0 Å². The van der Waals surface area contributed by atoms with Gasteiger partial charge in [0.15, 0.2) is 5.75 Å². The van der Waals surface area contributed by atoms with Crippen molar-refractivity contribution in [2.75, 3.05) is 24.7 Å². The summed E-state index contributed by atoms with van der Waals surface area (Å²) in [5, 5.41) is 23.9. The molecule has 0 saturated carbocycles. The Morgan fingerprint density at radius 2 is 1.78 bits per heavy atom. The van der Waals surface area contributed by atoms with Crippen molar-refractivity contribution in [1.82, 2.24) is 15.2 Å². The normalized spacial score (nSPS) is 12.3. The number of benzene rings is 2. The lowest BCUT2D eigenvalue weighted by atomic mass is 10.0. The van der Waals surface area contributed by atoms with E-state index in [1.165, 1.54) is 14.1 Å². The highest BCUT2D eigenvalue weighted by atomic mass is 19.4. The maximum Gasteiger partial charge on any atom is 0.417 e. The van der Waals surface area contributed by atoms with Gasteiger partial charge < -0.3 is 20.6 Å². The summed E-state index contributed by atoms with van der Waals surface area (Å²) in [4.78, 5) is 13.3. The van der Waals surface area contributed by atoms with Crippen molar-refractivity contribution in [2.45, 2.75) is 25.6 Å². The van der Waals surface area contributed by atoms with Crippen molar-refractivity contribution < 1.29 is 27.7 Å². The molecule has 0 unspecified atom stereocenters. The molecular weight excluding hydrogens is 427 g/mol. The minimum absolute atomic E-state index is 0.0395. The second-order valence-corrected chi connectivity index (χ2v) is 7.18. The minimum Gasteiger partial charge on any atom is -0.505 e. The first kappa shape index (κ1) is 22.9. The quantitative estimate of drug-likeness (QED) is 0.445. The SMILES string of the molecule is CC[C@@H](Nc1nonc1Nc1ccc(C(F)(F)F)c(C(=O)N(C)C)c1O)c1ccccc1. The van der Waals surface area contributed by atoms with Crippen molar-refractivity contribution in [2.24, 2.45) is 0 Å². The van der Waals surface area contributed by atoms with Crippen LogP contribution in [0.3, 0.4) is 0 Å². The van der Waals surface area contributed by atoms with Crippen LogP contribution in [0.4, 0.5) is 30.5 Å². The van der Waals surface area contributed by atoms with Crippen LogP contribution in [0.15, 0.2) is 47.1 Å². The summed E-state index contributed by atoms with van der Waals surface area (Å²) in [6, 6.07) is 11.1. The number of alkyl halides is 3. The molecule has 0 spiro atoms. The first-order valence-electron chi connectivity index (χ1n) is 9.69. The third-order valence-electron chi connectivity index (χ3n) is 4.77. The molecule has 8 nitrogen and oxygen atoms in total. The summed E-state index contributed by atoms with van der Waals surface area (Å²) in [5.74, 6) is -1.62. The Labute approximate surface area is 182 Å². The third-order valence-corrected chi connectivity index (χ3v) is 4.77. The van der Waals surface area contributed by atoms with Crippen LogP contribution in [0, 0.1) is 0 Å². The largest absolute Gasteiger partial charge is 0.505 e. The number of rotatable bonds is 7. The van der Waals surface area contributed by atoms with E-state index in [9.17, 15) is 23.1 Å². The maximum atomic E-state index is 13.4. The summed E-state index contributed by atoms with van der Waals surface area (Å²) < 4.78 is 45.0. The Balaban J connectivity index is 1.95.